The zero-order chi connectivity index (χ0) is 30.3. The summed E-state index contributed by atoms with van der Waals surface area (Å²) in [5, 5.41) is 6.22. The van der Waals surface area contributed by atoms with Gasteiger partial charge >= 0.3 is 0 Å². The number of carbonyl (C=O) groups excluding carboxylic acids is 1. The van der Waals surface area contributed by atoms with Gasteiger partial charge in [-0.15, -0.1) is 24.6 Å². The molecule has 0 aliphatic rings. The van der Waals surface area contributed by atoms with Crippen LogP contribution in [0.15, 0.2) is 91.1 Å². The number of thioether (sulfide) groups is 1. The number of hydrogen-bond acceptors (Lipinski definition) is 5. The van der Waals surface area contributed by atoms with Crippen molar-refractivity contribution in [3.63, 3.8) is 0 Å². The van der Waals surface area contributed by atoms with Gasteiger partial charge in [0, 0.05) is 17.1 Å². The third kappa shape index (κ3) is 7.24. The van der Waals surface area contributed by atoms with Crippen LogP contribution in [0.4, 0.5) is 0 Å². The summed E-state index contributed by atoms with van der Waals surface area (Å²) in [7, 11) is -2.19. The van der Waals surface area contributed by atoms with Crippen LogP contribution >= 0.6 is 11.8 Å². The van der Waals surface area contributed by atoms with Crippen molar-refractivity contribution in [1.29, 1.82) is 0 Å². The quantitative estimate of drug-likeness (QED) is 0.164. The lowest BCUT2D eigenvalue weighted by molar-refractivity contribution is -0.127. The van der Waals surface area contributed by atoms with Gasteiger partial charge in [-0.3, -0.25) is 9.78 Å². The third-order valence-electron chi connectivity index (χ3n) is 6.96. The zero-order valence-corrected chi connectivity index (χ0v) is 26.6. The predicted molar refractivity (Wildman–Crippen MR) is 177 cm³/mol. The Kier molecular flexibility index (Phi) is 9.80. The molecule has 7 heteroatoms. The van der Waals surface area contributed by atoms with Crippen molar-refractivity contribution in [3.05, 3.63) is 96.7 Å². The molecule has 0 fully saturated rings. The summed E-state index contributed by atoms with van der Waals surface area (Å²) in [6.07, 6.45) is 14.7. The average Bonchev–Trinajstić information content (AvgIpc) is 2.99. The fraction of sp³-hybridized carbons (Fsp3) is 0.257. The maximum Gasteiger partial charge on any atom is 0.272 e. The lowest BCUT2D eigenvalue weighted by atomic mass is 9.77. The van der Waals surface area contributed by atoms with Gasteiger partial charge in [0.2, 0.25) is 14.5 Å². The van der Waals surface area contributed by atoms with Crippen LogP contribution in [-0.4, -0.2) is 43.3 Å². The molecule has 3 unspecified atom stereocenters. The van der Waals surface area contributed by atoms with E-state index in [4.69, 9.17) is 22.0 Å². The monoisotopic (exact) mass is 592 g/mol. The minimum Gasteiger partial charge on any atom is -0.470 e. The summed E-state index contributed by atoms with van der Waals surface area (Å²) >= 11 is 1.28. The van der Waals surface area contributed by atoms with E-state index in [0.29, 0.717) is 11.3 Å². The number of terminal acetylenes is 2. The van der Waals surface area contributed by atoms with Crippen molar-refractivity contribution in [3.8, 4) is 30.4 Å². The molecule has 4 aromatic rings. The van der Waals surface area contributed by atoms with Crippen molar-refractivity contribution in [2.24, 2.45) is 5.41 Å². The molecule has 214 valence electrons. The number of carbonyl (C=O) groups is 1. The second-order valence-electron chi connectivity index (χ2n) is 11.3. The minimum absolute atomic E-state index is 0.339. The molecule has 42 heavy (non-hydrogen) atoms. The number of aromatic nitrogens is 1. The van der Waals surface area contributed by atoms with Crippen LogP contribution in [0.5, 0.6) is 5.75 Å². The van der Waals surface area contributed by atoms with Gasteiger partial charge in [0.05, 0.1) is 11.6 Å². The molecule has 0 radical (unpaired) electrons. The SMILES string of the molecule is C#Cc1cnc2ccc(OC(SC)C(=O)NC(C)(C#C)C(O[SiH](c3ccccc3)c3ccccc3)C(C)(C)C)cc2c1. The summed E-state index contributed by atoms with van der Waals surface area (Å²) in [6.45, 7) is 8.09. The van der Waals surface area contributed by atoms with E-state index < -0.39 is 31.5 Å². The van der Waals surface area contributed by atoms with Crippen molar-refractivity contribution >= 4 is 48.0 Å². The second-order valence-corrected chi connectivity index (χ2v) is 14.6. The molecule has 0 saturated carbocycles. The molecule has 0 aliphatic heterocycles. The molecule has 5 nitrogen and oxygen atoms in total. The van der Waals surface area contributed by atoms with E-state index in [0.717, 1.165) is 21.3 Å². The number of nitrogens with zero attached hydrogens (tertiary/aromatic N) is 1. The first kappa shape index (κ1) is 30.9. The van der Waals surface area contributed by atoms with E-state index in [1.807, 2.05) is 67.8 Å². The lowest BCUT2D eigenvalue weighted by Crippen LogP contribution is -2.63. The number of benzene rings is 3. The highest BCUT2D eigenvalue weighted by molar-refractivity contribution is 7.99. The first-order valence-electron chi connectivity index (χ1n) is 13.7. The summed E-state index contributed by atoms with van der Waals surface area (Å²) in [5.41, 5.74) is -0.928. The van der Waals surface area contributed by atoms with Crippen LogP contribution < -0.4 is 20.4 Å². The van der Waals surface area contributed by atoms with Crippen molar-refractivity contribution < 1.29 is 14.0 Å². The van der Waals surface area contributed by atoms with Gasteiger partial charge < -0.3 is 14.5 Å². The molecular weight excluding hydrogens is 557 g/mol. The van der Waals surface area contributed by atoms with Crippen LogP contribution in [0.25, 0.3) is 10.9 Å². The normalized spacial score (nSPS) is 14.3. The first-order chi connectivity index (χ1) is 20.1. The molecule has 3 aromatic carbocycles. The van der Waals surface area contributed by atoms with E-state index in [2.05, 4.69) is 67.2 Å². The largest absolute Gasteiger partial charge is 0.470 e. The van der Waals surface area contributed by atoms with E-state index in [1.165, 1.54) is 11.8 Å². The molecule has 0 bridgehead atoms. The molecule has 0 aliphatic carbocycles. The summed E-state index contributed by atoms with van der Waals surface area (Å²) in [4.78, 5) is 18.1. The fourth-order valence-electron chi connectivity index (χ4n) is 5.03. The van der Waals surface area contributed by atoms with Gasteiger partial charge in [0.15, 0.2) is 0 Å². The molecule has 0 spiro atoms. The molecule has 1 aromatic heterocycles. The lowest BCUT2D eigenvalue weighted by Gasteiger charge is -2.44. The van der Waals surface area contributed by atoms with Crippen molar-refractivity contribution in [2.75, 3.05) is 6.26 Å². The Balaban J connectivity index is 1.61. The highest BCUT2D eigenvalue weighted by atomic mass is 32.2. The van der Waals surface area contributed by atoms with Gasteiger partial charge in [-0.05, 0) is 53.2 Å². The van der Waals surface area contributed by atoms with Gasteiger partial charge in [-0.2, -0.15) is 0 Å². The van der Waals surface area contributed by atoms with E-state index in [1.54, 1.807) is 12.3 Å². The maximum atomic E-state index is 13.7. The molecule has 1 N–H and O–H groups in total. The Morgan fingerprint density at radius 3 is 2.10 bits per heavy atom. The van der Waals surface area contributed by atoms with Crippen LogP contribution in [0.1, 0.15) is 33.3 Å². The number of hydrogen-bond donors (Lipinski definition) is 1. The number of amides is 1. The summed E-state index contributed by atoms with van der Waals surface area (Å²) in [5.74, 6) is 5.66. The first-order valence-corrected chi connectivity index (χ1v) is 16.6. The Bertz CT molecular complexity index is 1570. The van der Waals surface area contributed by atoms with E-state index >= 15 is 0 Å². The number of ether oxygens (including phenoxy) is 1. The number of pyridine rings is 1. The predicted octanol–water partition coefficient (Wildman–Crippen LogP) is 4.76. The van der Waals surface area contributed by atoms with Crippen molar-refractivity contribution in [2.45, 2.75) is 44.8 Å². The molecular formula is C35H36N2O3SSi. The van der Waals surface area contributed by atoms with Gasteiger partial charge in [-0.1, -0.05) is 93.3 Å². The molecule has 1 heterocycles. The number of nitrogens with one attached hydrogen (secondary N) is 1. The van der Waals surface area contributed by atoms with E-state index in [-0.39, 0.29) is 5.91 Å². The molecule has 4 rings (SSSR count). The van der Waals surface area contributed by atoms with E-state index in [9.17, 15) is 4.79 Å². The third-order valence-corrected chi connectivity index (χ3v) is 10.2. The Hall–Kier alpha value is -4.01. The zero-order valence-electron chi connectivity index (χ0n) is 24.6. The maximum absolute atomic E-state index is 13.7. The summed E-state index contributed by atoms with van der Waals surface area (Å²) < 4.78 is 13.2. The Labute approximate surface area is 255 Å². The highest BCUT2D eigenvalue weighted by Gasteiger charge is 2.45. The fourth-order valence-corrected chi connectivity index (χ4v) is 8.31. The minimum atomic E-state index is -2.19. The molecule has 0 saturated heterocycles. The van der Waals surface area contributed by atoms with Crippen LogP contribution in [-0.2, 0) is 9.22 Å². The topological polar surface area (TPSA) is 60.5 Å². The average molecular weight is 593 g/mol. The smallest absolute Gasteiger partial charge is 0.272 e. The number of fused-ring (bicyclic) bond motifs is 1. The van der Waals surface area contributed by atoms with Crippen LogP contribution in [0, 0.1) is 30.1 Å². The van der Waals surface area contributed by atoms with Crippen LogP contribution in [0.3, 0.4) is 0 Å². The van der Waals surface area contributed by atoms with Gasteiger partial charge in [0.1, 0.15) is 11.3 Å². The Morgan fingerprint density at radius 2 is 1.57 bits per heavy atom. The van der Waals surface area contributed by atoms with Crippen LogP contribution in [0.2, 0.25) is 0 Å². The number of rotatable bonds is 10. The Morgan fingerprint density at radius 1 is 0.952 bits per heavy atom. The summed E-state index contributed by atoms with van der Waals surface area (Å²) in [6, 6.07) is 27.8. The molecule has 3 atom stereocenters. The second kappa shape index (κ2) is 13.3. The van der Waals surface area contributed by atoms with Crippen molar-refractivity contribution in [1.82, 2.24) is 10.3 Å². The highest BCUT2D eigenvalue weighted by Crippen LogP contribution is 2.32. The van der Waals surface area contributed by atoms with Gasteiger partial charge in [-0.25, -0.2) is 0 Å². The van der Waals surface area contributed by atoms with Gasteiger partial charge in [0.25, 0.3) is 5.91 Å². The molecule has 1 amide bonds. The standard InChI is InChI=1S/C35H36N2O3SSi/c1-8-25-22-26-23-27(20-21-30(26)36-24-25)39-32(41-7)31(38)37-35(6,9-2)33(34(3,4)5)40-42(28-16-12-10-13-17-28)29-18-14-11-15-19-29/h1-2,10-24,32-33,42H,3-7H3,(H,37,38).